The first kappa shape index (κ1) is 15.3. The molecule has 0 saturated heterocycles. The predicted molar refractivity (Wildman–Crippen MR) is 70.2 cm³/mol. The zero-order valence-corrected chi connectivity index (χ0v) is 11.8. The van der Waals surface area contributed by atoms with Gasteiger partial charge in [-0.05, 0) is 25.0 Å². The molecule has 1 aromatic heterocycles. The average Bonchev–Trinajstić information content (AvgIpc) is 2.33. The molecular weight excluding hydrogens is 309 g/mol. The zero-order chi connectivity index (χ0) is 13.6. The molecule has 2 nitrogen and oxygen atoms in total. The molecule has 1 aromatic rings. The maximum absolute atomic E-state index is 12.5. The van der Waals surface area contributed by atoms with Crippen molar-refractivity contribution in [2.45, 2.75) is 25.4 Å². The third-order valence-corrected chi connectivity index (χ3v) is 3.15. The lowest BCUT2D eigenvalue weighted by molar-refractivity contribution is -0.137. The van der Waals surface area contributed by atoms with E-state index in [4.69, 9.17) is 0 Å². The van der Waals surface area contributed by atoms with Crippen molar-refractivity contribution in [2.75, 3.05) is 23.8 Å². The molecule has 0 bridgehead atoms. The van der Waals surface area contributed by atoms with Gasteiger partial charge in [0, 0.05) is 25.1 Å². The number of nitrogens with zero attached hydrogens (tertiary/aromatic N) is 2. The molecule has 0 aromatic carbocycles. The minimum absolute atomic E-state index is 0.365. The highest BCUT2D eigenvalue weighted by Gasteiger charge is 2.30. The number of unbranched alkanes of at least 4 members (excludes halogenated alkanes) is 2. The minimum atomic E-state index is -4.31. The predicted octanol–water partition coefficient (Wildman–Crippen LogP) is 4.10. The quantitative estimate of drug-likeness (QED) is 0.578. The molecule has 18 heavy (non-hydrogen) atoms. The average molecular weight is 325 g/mol. The van der Waals surface area contributed by atoms with E-state index in [1.54, 1.807) is 11.9 Å². The van der Waals surface area contributed by atoms with Crippen LogP contribution in [-0.2, 0) is 6.18 Å². The fourth-order valence-corrected chi connectivity index (χ4v) is 1.93. The Morgan fingerprint density at radius 1 is 1.28 bits per heavy atom. The van der Waals surface area contributed by atoms with Crippen LogP contribution < -0.4 is 4.90 Å². The summed E-state index contributed by atoms with van der Waals surface area (Å²) in [5, 5.41) is 0.957. The van der Waals surface area contributed by atoms with Crippen molar-refractivity contribution < 1.29 is 13.2 Å². The van der Waals surface area contributed by atoms with Crippen LogP contribution in [0.4, 0.5) is 19.0 Å². The van der Waals surface area contributed by atoms with E-state index >= 15 is 0 Å². The van der Waals surface area contributed by atoms with Crippen LogP contribution in [0.1, 0.15) is 24.8 Å². The Labute approximate surface area is 113 Å². The standard InChI is InChI=1S/C12H16BrF3N2/c1-18(8-4-2-3-6-13)11-9-10(5-7-17-11)12(14,15)16/h5,7,9H,2-4,6,8H2,1H3. The van der Waals surface area contributed by atoms with Gasteiger partial charge in [0.25, 0.3) is 0 Å². The number of alkyl halides is 4. The van der Waals surface area contributed by atoms with Crippen LogP contribution in [0.2, 0.25) is 0 Å². The number of anilines is 1. The smallest absolute Gasteiger partial charge is 0.360 e. The monoisotopic (exact) mass is 324 g/mol. The van der Waals surface area contributed by atoms with Crippen LogP contribution in [0.3, 0.4) is 0 Å². The van der Waals surface area contributed by atoms with Gasteiger partial charge < -0.3 is 4.90 Å². The SMILES string of the molecule is CN(CCCCCBr)c1cc(C(F)(F)F)ccn1. The number of hydrogen-bond donors (Lipinski definition) is 0. The first-order valence-electron chi connectivity index (χ1n) is 5.75. The van der Waals surface area contributed by atoms with E-state index in [2.05, 4.69) is 20.9 Å². The normalized spacial score (nSPS) is 11.6. The van der Waals surface area contributed by atoms with Gasteiger partial charge in [-0.1, -0.05) is 22.4 Å². The van der Waals surface area contributed by atoms with E-state index in [0.717, 1.165) is 36.7 Å². The Bertz CT molecular complexity index is 369. The molecule has 0 aliphatic heterocycles. The molecule has 0 fully saturated rings. The number of pyridine rings is 1. The van der Waals surface area contributed by atoms with Gasteiger partial charge in [-0.2, -0.15) is 13.2 Å². The molecule has 0 spiro atoms. The zero-order valence-electron chi connectivity index (χ0n) is 10.2. The van der Waals surface area contributed by atoms with Gasteiger partial charge in [0.2, 0.25) is 0 Å². The lowest BCUT2D eigenvalue weighted by Crippen LogP contribution is -2.20. The van der Waals surface area contributed by atoms with Crippen LogP contribution >= 0.6 is 15.9 Å². The minimum Gasteiger partial charge on any atom is -0.360 e. The second kappa shape index (κ2) is 6.97. The molecule has 0 aliphatic rings. The number of rotatable bonds is 6. The summed E-state index contributed by atoms with van der Waals surface area (Å²) < 4.78 is 37.6. The van der Waals surface area contributed by atoms with Crippen molar-refractivity contribution >= 4 is 21.7 Å². The van der Waals surface area contributed by atoms with Crippen LogP contribution in [0.15, 0.2) is 18.3 Å². The van der Waals surface area contributed by atoms with Gasteiger partial charge in [-0.25, -0.2) is 4.98 Å². The number of hydrogen-bond acceptors (Lipinski definition) is 2. The van der Waals surface area contributed by atoms with Crippen molar-refractivity contribution in [3.05, 3.63) is 23.9 Å². The van der Waals surface area contributed by atoms with E-state index in [1.807, 2.05) is 0 Å². The lowest BCUT2D eigenvalue weighted by Gasteiger charge is -2.19. The molecule has 0 unspecified atom stereocenters. The molecule has 0 radical (unpaired) electrons. The van der Waals surface area contributed by atoms with Crippen molar-refractivity contribution in [1.82, 2.24) is 4.98 Å². The van der Waals surface area contributed by atoms with Gasteiger partial charge in [0.05, 0.1) is 5.56 Å². The summed E-state index contributed by atoms with van der Waals surface area (Å²) in [6.07, 6.45) is -0.0416. The molecule has 0 amide bonds. The molecule has 102 valence electrons. The summed E-state index contributed by atoms with van der Waals surface area (Å²) in [6.45, 7) is 0.710. The summed E-state index contributed by atoms with van der Waals surface area (Å²) in [6, 6.07) is 2.08. The molecule has 1 rings (SSSR count). The van der Waals surface area contributed by atoms with Crippen molar-refractivity contribution in [3.8, 4) is 0 Å². The highest BCUT2D eigenvalue weighted by Crippen LogP contribution is 2.30. The summed E-state index contributed by atoms with van der Waals surface area (Å²) in [5.74, 6) is 0.365. The maximum Gasteiger partial charge on any atom is 0.416 e. The van der Waals surface area contributed by atoms with E-state index < -0.39 is 11.7 Å². The Morgan fingerprint density at radius 3 is 2.61 bits per heavy atom. The van der Waals surface area contributed by atoms with Crippen LogP contribution in [0.25, 0.3) is 0 Å². The van der Waals surface area contributed by atoms with Crippen molar-refractivity contribution in [1.29, 1.82) is 0 Å². The fourth-order valence-electron chi connectivity index (χ4n) is 1.54. The highest BCUT2D eigenvalue weighted by atomic mass is 79.9. The second-order valence-corrected chi connectivity index (χ2v) is 4.86. The molecule has 0 N–H and O–H groups in total. The molecule has 0 saturated carbocycles. The highest BCUT2D eigenvalue weighted by molar-refractivity contribution is 9.09. The Balaban J connectivity index is 2.60. The summed E-state index contributed by atoms with van der Waals surface area (Å²) in [4.78, 5) is 5.72. The third kappa shape index (κ3) is 4.84. The van der Waals surface area contributed by atoms with Gasteiger partial charge in [0.15, 0.2) is 0 Å². The van der Waals surface area contributed by atoms with Crippen molar-refractivity contribution in [3.63, 3.8) is 0 Å². The first-order chi connectivity index (χ1) is 8.45. The number of halogens is 4. The molecule has 6 heteroatoms. The number of aromatic nitrogens is 1. The van der Waals surface area contributed by atoms with E-state index in [1.165, 1.54) is 6.20 Å². The largest absolute Gasteiger partial charge is 0.416 e. The molecular formula is C12H16BrF3N2. The van der Waals surface area contributed by atoms with Crippen LogP contribution in [-0.4, -0.2) is 23.9 Å². The summed E-state index contributed by atoms with van der Waals surface area (Å²) in [7, 11) is 1.76. The van der Waals surface area contributed by atoms with Gasteiger partial charge >= 0.3 is 6.18 Å². The van der Waals surface area contributed by atoms with E-state index in [0.29, 0.717) is 12.4 Å². The summed E-state index contributed by atoms with van der Waals surface area (Å²) >= 11 is 3.34. The molecule has 0 aliphatic carbocycles. The Hall–Kier alpha value is -0.780. The third-order valence-electron chi connectivity index (χ3n) is 2.59. The van der Waals surface area contributed by atoms with Gasteiger partial charge in [0.1, 0.15) is 5.82 Å². The lowest BCUT2D eigenvalue weighted by atomic mass is 10.2. The first-order valence-corrected chi connectivity index (χ1v) is 6.87. The van der Waals surface area contributed by atoms with Gasteiger partial charge in [-0.15, -0.1) is 0 Å². The molecule has 0 atom stereocenters. The second-order valence-electron chi connectivity index (χ2n) is 4.07. The topological polar surface area (TPSA) is 16.1 Å². The van der Waals surface area contributed by atoms with Crippen LogP contribution in [0.5, 0.6) is 0 Å². The summed E-state index contributed by atoms with van der Waals surface area (Å²) in [5.41, 5.74) is -0.653. The fraction of sp³-hybridized carbons (Fsp3) is 0.583. The van der Waals surface area contributed by atoms with Crippen LogP contribution in [0, 0.1) is 0 Å². The van der Waals surface area contributed by atoms with E-state index in [9.17, 15) is 13.2 Å². The van der Waals surface area contributed by atoms with E-state index in [-0.39, 0.29) is 0 Å². The molecule has 1 heterocycles. The Morgan fingerprint density at radius 2 is 2.00 bits per heavy atom. The maximum atomic E-state index is 12.5. The Kier molecular flexibility index (Phi) is 5.91. The van der Waals surface area contributed by atoms with Gasteiger partial charge in [-0.3, -0.25) is 0 Å². The van der Waals surface area contributed by atoms with Crippen molar-refractivity contribution in [2.24, 2.45) is 0 Å².